The number of thiophene rings is 1. The van der Waals surface area contributed by atoms with Gasteiger partial charge in [0.05, 0.1) is 10.9 Å². The molecule has 0 spiro atoms. The molecule has 106 valence electrons. The molecule has 1 atom stereocenters. The van der Waals surface area contributed by atoms with E-state index in [2.05, 4.69) is 49.5 Å². The third kappa shape index (κ3) is 2.07. The van der Waals surface area contributed by atoms with Gasteiger partial charge < -0.3 is 9.88 Å². The summed E-state index contributed by atoms with van der Waals surface area (Å²) in [7, 11) is 0. The van der Waals surface area contributed by atoms with Crippen LogP contribution in [0, 0.1) is 6.92 Å². The summed E-state index contributed by atoms with van der Waals surface area (Å²) in [5.41, 5.74) is 2.38. The van der Waals surface area contributed by atoms with E-state index in [4.69, 9.17) is 0 Å². The van der Waals surface area contributed by atoms with E-state index in [1.165, 1.54) is 10.4 Å². The molecular formula is C15H15N5S. The third-order valence-electron chi connectivity index (χ3n) is 3.80. The molecule has 0 fully saturated rings. The minimum atomic E-state index is 0.0639. The van der Waals surface area contributed by atoms with Crippen molar-refractivity contribution in [3.8, 4) is 10.7 Å². The van der Waals surface area contributed by atoms with Crippen molar-refractivity contribution < 1.29 is 0 Å². The summed E-state index contributed by atoms with van der Waals surface area (Å²) in [6.07, 6.45) is 3.68. The van der Waals surface area contributed by atoms with Gasteiger partial charge in [-0.25, -0.2) is 0 Å². The number of nitrogens with one attached hydrogen (secondary N) is 1. The molecule has 21 heavy (non-hydrogen) atoms. The molecule has 4 heterocycles. The van der Waals surface area contributed by atoms with Gasteiger partial charge >= 0.3 is 0 Å². The standard InChI is InChI=1S/C15H15N5S/c1-10-4-8-21-13(10)15-19-18-14-12(17-6-7-20(14)15)11-3-2-5-16-9-11/h2-5,8-9,12,17H,6-7H2,1H3. The predicted molar refractivity (Wildman–Crippen MR) is 82.2 cm³/mol. The highest BCUT2D eigenvalue weighted by Crippen LogP contribution is 2.31. The third-order valence-corrected chi connectivity index (χ3v) is 4.82. The second kappa shape index (κ2) is 5.05. The Bertz CT molecular complexity index is 761. The average molecular weight is 297 g/mol. The lowest BCUT2D eigenvalue weighted by Crippen LogP contribution is -2.34. The molecule has 1 unspecified atom stereocenters. The van der Waals surface area contributed by atoms with Gasteiger partial charge in [-0.3, -0.25) is 4.98 Å². The SMILES string of the molecule is Cc1ccsc1-c1nnc2n1CCNC2c1cccnc1. The molecule has 0 bridgehead atoms. The summed E-state index contributed by atoms with van der Waals surface area (Å²) in [4.78, 5) is 5.42. The fraction of sp³-hybridized carbons (Fsp3) is 0.267. The maximum atomic E-state index is 4.44. The van der Waals surface area contributed by atoms with Crippen molar-refractivity contribution in [1.29, 1.82) is 0 Å². The highest BCUT2D eigenvalue weighted by atomic mass is 32.1. The lowest BCUT2D eigenvalue weighted by molar-refractivity contribution is 0.457. The van der Waals surface area contributed by atoms with Crippen molar-refractivity contribution in [2.24, 2.45) is 0 Å². The van der Waals surface area contributed by atoms with E-state index in [0.717, 1.165) is 30.3 Å². The summed E-state index contributed by atoms with van der Waals surface area (Å²) in [6.45, 7) is 3.92. The van der Waals surface area contributed by atoms with Crippen molar-refractivity contribution in [3.05, 3.63) is 52.9 Å². The van der Waals surface area contributed by atoms with Crippen LogP contribution in [0.5, 0.6) is 0 Å². The van der Waals surface area contributed by atoms with Gasteiger partial charge in [0.2, 0.25) is 0 Å². The number of aryl methyl sites for hydroxylation is 1. The number of nitrogens with zero attached hydrogens (tertiary/aromatic N) is 4. The van der Waals surface area contributed by atoms with Crippen LogP contribution in [0.25, 0.3) is 10.7 Å². The number of aromatic nitrogens is 4. The van der Waals surface area contributed by atoms with Crippen molar-refractivity contribution >= 4 is 11.3 Å². The van der Waals surface area contributed by atoms with E-state index in [1.54, 1.807) is 17.5 Å². The summed E-state index contributed by atoms with van der Waals surface area (Å²) >= 11 is 1.72. The Labute approximate surface area is 126 Å². The molecule has 0 saturated carbocycles. The van der Waals surface area contributed by atoms with Crippen molar-refractivity contribution in [1.82, 2.24) is 25.1 Å². The van der Waals surface area contributed by atoms with Gasteiger partial charge in [0.25, 0.3) is 0 Å². The Hall–Kier alpha value is -2.05. The molecule has 0 aliphatic carbocycles. The monoisotopic (exact) mass is 297 g/mol. The maximum absolute atomic E-state index is 4.44. The van der Waals surface area contributed by atoms with Gasteiger partial charge in [-0.05, 0) is 35.6 Å². The van der Waals surface area contributed by atoms with Crippen molar-refractivity contribution in [2.75, 3.05) is 6.54 Å². The van der Waals surface area contributed by atoms with Gasteiger partial charge in [-0.1, -0.05) is 6.07 Å². The molecule has 0 radical (unpaired) electrons. The van der Waals surface area contributed by atoms with Gasteiger partial charge in [-0.15, -0.1) is 21.5 Å². The minimum Gasteiger partial charge on any atom is -0.307 e. The van der Waals surface area contributed by atoms with Gasteiger partial charge in [0.15, 0.2) is 11.6 Å². The number of hydrogen-bond acceptors (Lipinski definition) is 5. The molecule has 1 aliphatic heterocycles. The first-order valence-corrected chi connectivity index (χ1v) is 7.83. The molecule has 3 aromatic rings. The van der Waals surface area contributed by atoms with Crippen LogP contribution >= 0.6 is 11.3 Å². The number of fused-ring (bicyclic) bond motifs is 1. The van der Waals surface area contributed by atoms with Crippen molar-refractivity contribution in [2.45, 2.75) is 19.5 Å². The van der Waals surface area contributed by atoms with Gasteiger partial charge in [0, 0.05) is 25.5 Å². The topological polar surface area (TPSA) is 55.6 Å². The van der Waals surface area contributed by atoms with Gasteiger partial charge in [0.1, 0.15) is 0 Å². The van der Waals surface area contributed by atoms with E-state index in [0.29, 0.717) is 0 Å². The molecule has 1 N–H and O–H groups in total. The van der Waals surface area contributed by atoms with Crippen LogP contribution in [-0.4, -0.2) is 26.3 Å². The number of rotatable bonds is 2. The van der Waals surface area contributed by atoms with Crippen LogP contribution < -0.4 is 5.32 Å². The molecular weight excluding hydrogens is 282 g/mol. The fourth-order valence-corrected chi connectivity index (χ4v) is 3.66. The van der Waals surface area contributed by atoms with E-state index >= 15 is 0 Å². The first-order chi connectivity index (χ1) is 10.3. The lowest BCUT2D eigenvalue weighted by atomic mass is 10.1. The van der Waals surface area contributed by atoms with E-state index in [9.17, 15) is 0 Å². The average Bonchev–Trinajstić information content (AvgIpc) is 3.13. The number of pyridine rings is 1. The Morgan fingerprint density at radius 2 is 2.29 bits per heavy atom. The normalized spacial score (nSPS) is 17.7. The second-order valence-corrected chi connectivity index (χ2v) is 6.06. The minimum absolute atomic E-state index is 0.0639. The zero-order valence-corrected chi connectivity index (χ0v) is 12.5. The van der Waals surface area contributed by atoms with E-state index in [1.807, 2.05) is 12.3 Å². The van der Waals surface area contributed by atoms with E-state index in [-0.39, 0.29) is 6.04 Å². The van der Waals surface area contributed by atoms with E-state index < -0.39 is 0 Å². The summed E-state index contributed by atoms with van der Waals surface area (Å²) in [6, 6.07) is 6.22. The lowest BCUT2D eigenvalue weighted by Gasteiger charge is -2.25. The Kier molecular flexibility index (Phi) is 3.05. The van der Waals surface area contributed by atoms with Crippen LogP contribution in [0.2, 0.25) is 0 Å². The first kappa shape index (κ1) is 12.7. The highest BCUT2D eigenvalue weighted by Gasteiger charge is 2.27. The van der Waals surface area contributed by atoms with Crippen LogP contribution in [-0.2, 0) is 6.54 Å². The highest BCUT2D eigenvalue weighted by molar-refractivity contribution is 7.13. The fourth-order valence-electron chi connectivity index (χ4n) is 2.74. The summed E-state index contributed by atoms with van der Waals surface area (Å²) < 4.78 is 2.23. The second-order valence-electron chi connectivity index (χ2n) is 5.14. The molecule has 1 aliphatic rings. The maximum Gasteiger partial charge on any atom is 0.174 e. The first-order valence-electron chi connectivity index (χ1n) is 6.95. The van der Waals surface area contributed by atoms with Crippen LogP contribution in [0.15, 0.2) is 36.0 Å². The molecule has 5 nitrogen and oxygen atoms in total. The summed E-state index contributed by atoms with van der Waals surface area (Å²) in [5.74, 6) is 1.95. The Morgan fingerprint density at radius 3 is 3.05 bits per heavy atom. The zero-order valence-electron chi connectivity index (χ0n) is 11.7. The van der Waals surface area contributed by atoms with Crippen molar-refractivity contribution in [3.63, 3.8) is 0 Å². The van der Waals surface area contributed by atoms with Gasteiger partial charge in [-0.2, -0.15) is 0 Å². The predicted octanol–water partition coefficient (Wildman–Crippen LogP) is 2.40. The molecule has 4 rings (SSSR count). The smallest absolute Gasteiger partial charge is 0.174 e. The van der Waals surface area contributed by atoms with Crippen LogP contribution in [0.4, 0.5) is 0 Å². The molecule has 0 saturated heterocycles. The van der Waals surface area contributed by atoms with Crippen LogP contribution in [0.1, 0.15) is 23.0 Å². The summed E-state index contributed by atoms with van der Waals surface area (Å²) in [5, 5.41) is 14.5. The van der Waals surface area contributed by atoms with Crippen LogP contribution in [0.3, 0.4) is 0 Å². The molecule has 0 amide bonds. The zero-order chi connectivity index (χ0) is 14.2. The quantitative estimate of drug-likeness (QED) is 0.789. The molecule has 3 aromatic heterocycles. The molecule has 0 aromatic carbocycles. The Morgan fingerprint density at radius 1 is 1.33 bits per heavy atom. The Balaban J connectivity index is 1.81. The number of hydrogen-bond donors (Lipinski definition) is 1. The largest absolute Gasteiger partial charge is 0.307 e. The molecule has 6 heteroatoms.